The van der Waals surface area contributed by atoms with Crippen LogP contribution in [-0.2, 0) is 10.0 Å². The normalized spacial score (nSPS) is 11.4. The van der Waals surface area contributed by atoms with Crippen molar-refractivity contribution in [2.45, 2.75) is 4.90 Å². The molecule has 1 heterocycles. The highest BCUT2D eigenvalue weighted by atomic mass is 32.2. The maximum absolute atomic E-state index is 14.5. The lowest BCUT2D eigenvalue weighted by atomic mass is 10.1. The Morgan fingerprint density at radius 3 is 2.33 bits per heavy atom. The van der Waals surface area contributed by atoms with E-state index in [2.05, 4.69) is 10.3 Å². The van der Waals surface area contributed by atoms with E-state index in [4.69, 9.17) is 6.42 Å². The predicted molar refractivity (Wildman–Crippen MR) is 82.6 cm³/mol. The van der Waals surface area contributed by atoms with Crippen molar-refractivity contribution in [3.05, 3.63) is 47.4 Å². The number of hydrogen-bond acceptors (Lipinski definition) is 4. The molecule has 9 heteroatoms. The third-order valence-electron chi connectivity index (χ3n) is 3.08. The molecule has 0 unspecified atom stereocenters. The zero-order valence-electron chi connectivity index (χ0n) is 12.6. The molecular formula is C15H12F3N3O2S. The lowest BCUT2D eigenvalue weighted by Gasteiger charge is -2.18. The van der Waals surface area contributed by atoms with E-state index in [9.17, 15) is 21.6 Å². The highest BCUT2D eigenvalue weighted by Crippen LogP contribution is 2.35. The van der Waals surface area contributed by atoms with E-state index in [1.165, 1.54) is 18.3 Å². The SMILES string of the molecule is C#Cc1c(F)c(F)c(S(=O)(=O)N(C)C)c(Nc2ccccn2)c1F. The molecule has 1 aromatic carbocycles. The number of terminal acetylenes is 1. The zero-order chi connectivity index (χ0) is 18.1. The van der Waals surface area contributed by atoms with Crippen LogP contribution in [0.4, 0.5) is 24.7 Å². The summed E-state index contributed by atoms with van der Waals surface area (Å²) in [5.74, 6) is -3.21. The van der Waals surface area contributed by atoms with Gasteiger partial charge in [-0.15, -0.1) is 6.42 Å². The van der Waals surface area contributed by atoms with Crippen molar-refractivity contribution in [1.82, 2.24) is 9.29 Å². The quantitative estimate of drug-likeness (QED) is 0.676. The summed E-state index contributed by atoms with van der Waals surface area (Å²) in [4.78, 5) is 2.65. The fourth-order valence-corrected chi connectivity index (χ4v) is 2.95. The Kier molecular flexibility index (Phi) is 4.82. The molecule has 5 nitrogen and oxygen atoms in total. The smallest absolute Gasteiger partial charge is 0.247 e. The maximum atomic E-state index is 14.5. The van der Waals surface area contributed by atoms with Crippen molar-refractivity contribution in [2.24, 2.45) is 0 Å². The number of nitrogens with one attached hydrogen (secondary N) is 1. The monoisotopic (exact) mass is 355 g/mol. The molecule has 0 amide bonds. The van der Waals surface area contributed by atoms with Gasteiger partial charge in [0, 0.05) is 20.3 Å². The minimum atomic E-state index is -4.51. The number of halogens is 3. The van der Waals surface area contributed by atoms with Crippen LogP contribution in [-0.4, -0.2) is 31.8 Å². The number of aromatic nitrogens is 1. The molecule has 0 aliphatic rings. The first-order valence-electron chi connectivity index (χ1n) is 6.49. The van der Waals surface area contributed by atoms with Crippen molar-refractivity contribution < 1.29 is 21.6 Å². The van der Waals surface area contributed by atoms with Crippen molar-refractivity contribution in [1.29, 1.82) is 0 Å². The molecule has 0 aliphatic heterocycles. The van der Waals surface area contributed by atoms with Crippen LogP contribution in [0.3, 0.4) is 0 Å². The second kappa shape index (κ2) is 6.51. The molecular weight excluding hydrogens is 343 g/mol. The molecule has 126 valence electrons. The second-order valence-electron chi connectivity index (χ2n) is 4.79. The number of pyridine rings is 1. The van der Waals surface area contributed by atoms with Gasteiger partial charge in [-0.05, 0) is 12.1 Å². The van der Waals surface area contributed by atoms with Crippen molar-refractivity contribution in [2.75, 3.05) is 19.4 Å². The molecule has 0 atom stereocenters. The molecule has 0 saturated heterocycles. The van der Waals surface area contributed by atoms with E-state index < -0.39 is 43.6 Å². The van der Waals surface area contributed by atoms with Gasteiger partial charge in [-0.3, -0.25) is 0 Å². The van der Waals surface area contributed by atoms with E-state index in [0.29, 0.717) is 4.31 Å². The van der Waals surface area contributed by atoms with Gasteiger partial charge in [0.1, 0.15) is 22.0 Å². The number of anilines is 2. The summed E-state index contributed by atoms with van der Waals surface area (Å²) in [5, 5.41) is 2.35. The van der Waals surface area contributed by atoms with Crippen molar-refractivity contribution >= 4 is 21.5 Å². The van der Waals surface area contributed by atoms with Crippen LogP contribution in [0.1, 0.15) is 5.56 Å². The largest absolute Gasteiger partial charge is 0.337 e. The van der Waals surface area contributed by atoms with Crippen LogP contribution in [0, 0.1) is 29.8 Å². The minimum Gasteiger partial charge on any atom is -0.337 e. The minimum absolute atomic E-state index is 0.0283. The fourth-order valence-electron chi connectivity index (χ4n) is 1.87. The van der Waals surface area contributed by atoms with Gasteiger partial charge in [0.15, 0.2) is 17.5 Å². The average Bonchev–Trinajstić information content (AvgIpc) is 2.54. The highest BCUT2D eigenvalue weighted by molar-refractivity contribution is 7.89. The highest BCUT2D eigenvalue weighted by Gasteiger charge is 2.33. The summed E-state index contributed by atoms with van der Waals surface area (Å²) < 4.78 is 68.1. The van der Waals surface area contributed by atoms with Gasteiger partial charge in [-0.25, -0.2) is 30.9 Å². The lowest BCUT2D eigenvalue weighted by molar-refractivity contribution is 0.460. The molecule has 0 aliphatic carbocycles. The lowest BCUT2D eigenvalue weighted by Crippen LogP contribution is -2.25. The third-order valence-corrected chi connectivity index (χ3v) is 4.94. The Morgan fingerprint density at radius 1 is 1.17 bits per heavy atom. The Bertz CT molecular complexity index is 923. The van der Waals surface area contributed by atoms with Crippen LogP contribution < -0.4 is 5.32 Å². The zero-order valence-corrected chi connectivity index (χ0v) is 13.5. The summed E-state index contributed by atoms with van der Waals surface area (Å²) in [7, 11) is -2.31. The summed E-state index contributed by atoms with van der Waals surface area (Å²) >= 11 is 0. The summed E-state index contributed by atoms with van der Waals surface area (Å²) in [5.41, 5.74) is -1.82. The molecule has 1 N–H and O–H groups in total. The summed E-state index contributed by atoms with van der Waals surface area (Å²) in [6.07, 6.45) is 6.35. The molecule has 1 aromatic heterocycles. The molecule has 0 radical (unpaired) electrons. The molecule has 2 rings (SSSR count). The van der Waals surface area contributed by atoms with Gasteiger partial charge in [0.2, 0.25) is 10.0 Å². The van der Waals surface area contributed by atoms with Crippen LogP contribution >= 0.6 is 0 Å². The molecule has 0 saturated carbocycles. The Labute approximate surface area is 137 Å². The van der Waals surface area contributed by atoms with Crippen LogP contribution in [0.5, 0.6) is 0 Å². The van der Waals surface area contributed by atoms with E-state index in [1.54, 1.807) is 12.0 Å². The van der Waals surface area contributed by atoms with Crippen molar-refractivity contribution in [3.63, 3.8) is 0 Å². The summed E-state index contributed by atoms with van der Waals surface area (Å²) in [6.45, 7) is 0. The van der Waals surface area contributed by atoms with Crippen molar-refractivity contribution in [3.8, 4) is 12.3 Å². The molecule has 0 bridgehead atoms. The molecule has 2 aromatic rings. The predicted octanol–water partition coefficient (Wildman–Crippen LogP) is 2.47. The maximum Gasteiger partial charge on any atom is 0.247 e. The Morgan fingerprint density at radius 2 is 1.83 bits per heavy atom. The molecule has 24 heavy (non-hydrogen) atoms. The number of rotatable bonds is 4. The molecule has 0 spiro atoms. The number of benzene rings is 1. The first-order chi connectivity index (χ1) is 11.2. The first kappa shape index (κ1) is 17.8. The number of hydrogen-bond donors (Lipinski definition) is 1. The van der Waals surface area contributed by atoms with Gasteiger partial charge >= 0.3 is 0 Å². The average molecular weight is 355 g/mol. The van der Waals surface area contributed by atoms with Gasteiger partial charge < -0.3 is 5.32 Å². The van der Waals surface area contributed by atoms with Gasteiger partial charge in [0.05, 0.1) is 0 Å². The van der Waals surface area contributed by atoms with Gasteiger partial charge in [-0.1, -0.05) is 12.0 Å². The number of nitrogens with zero attached hydrogens (tertiary/aromatic N) is 2. The Balaban J connectivity index is 2.85. The van der Waals surface area contributed by atoms with Crippen LogP contribution in [0.2, 0.25) is 0 Å². The standard InChI is InChI=1S/C15H12F3N3O2S/c1-4-9-11(16)13(18)15(24(22,23)21(2)3)14(12(9)17)20-10-7-5-6-8-19-10/h1,5-8H,2-3H3,(H,19,20). The molecule has 0 fully saturated rings. The summed E-state index contributed by atoms with van der Waals surface area (Å²) in [6, 6.07) is 4.49. The van der Waals surface area contributed by atoms with E-state index in [0.717, 1.165) is 14.1 Å². The van der Waals surface area contributed by atoms with Gasteiger partial charge in [-0.2, -0.15) is 0 Å². The van der Waals surface area contributed by atoms with E-state index in [-0.39, 0.29) is 5.82 Å². The topological polar surface area (TPSA) is 62.3 Å². The number of sulfonamides is 1. The fraction of sp³-hybridized carbons (Fsp3) is 0.133. The first-order valence-corrected chi connectivity index (χ1v) is 7.93. The van der Waals surface area contributed by atoms with E-state index in [1.807, 2.05) is 0 Å². The van der Waals surface area contributed by atoms with Gasteiger partial charge in [0.25, 0.3) is 0 Å². The van der Waals surface area contributed by atoms with E-state index >= 15 is 0 Å². The van der Waals surface area contributed by atoms with Crippen LogP contribution in [0.25, 0.3) is 0 Å². The third kappa shape index (κ3) is 2.93. The second-order valence-corrected chi connectivity index (χ2v) is 6.88. The Hall–Kier alpha value is -2.57. The van der Waals surface area contributed by atoms with Crippen LogP contribution in [0.15, 0.2) is 29.3 Å².